The average Bonchev–Trinajstić information content (AvgIpc) is 2.95. The molecule has 0 spiro atoms. The first-order valence-electron chi connectivity index (χ1n) is 12.1. The molecule has 184 valence electrons. The minimum Gasteiger partial charge on any atom is -0.378 e. The van der Waals surface area contributed by atoms with Gasteiger partial charge in [0.2, 0.25) is 0 Å². The molecule has 1 aromatic carbocycles. The topological polar surface area (TPSA) is 105 Å². The summed E-state index contributed by atoms with van der Waals surface area (Å²) in [5.74, 6) is 0.750. The number of benzene rings is 1. The molecule has 0 bridgehead atoms. The minimum absolute atomic E-state index is 0.119. The van der Waals surface area contributed by atoms with Crippen molar-refractivity contribution in [2.75, 3.05) is 50.1 Å². The van der Waals surface area contributed by atoms with Crippen LogP contribution in [0, 0.1) is 0 Å². The quantitative estimate of drug-likeness (QED) is 0.412. The lowest BCUT2D eigenvalue weighted by molar-refractivity contribution is 0.0964. The summed E-state index contributed by atoms with van der Waals surface area (Å²) in [6, 6.07) is 11.8. The molecule has 0 unspecified atom stereocenters. The largest absolute Gasteiger partial charge is 0.378 e. The summed E-state index contributed by atoms with van der Waals surface area (Å²) in [5, 5.41) is 6.99. The van der Waals surface area contributed by atoms with Crippen LogP contribution < -0.4 is 15.5 Å². The molecular formula is C27H29N7O2. The van der Waals surface area contributed by atoms with Gasteiger partial charge in [-0.2, -0.15) is 0 Å². The van der Waals surface area contributed by atoms with E-state index in [1.807, 2.05) is 30.6 Å². The number of rotatable bonds is 7. The van der Waals surface area contributed by atoms with E-state index >= 15 is 0 Å². The van der Waals surface area contributed by atoms with Crippen LogP contribution >= 0.6 is 0 Å². The van der Waals surface area contributed by atoms with E-state index < -0.39 is 0 Å². The van der Waals surface area contributed by atoms with Crippen molar-refractivity contribution in [3.05, 3.63) is 72.4 Å². The highest BCUT2D eigenvalue weighted by molar-refractivity contribution is 6.06. The van der Waals surface area contributed by atoms with Crippen LogP contribution in [0.15, 0.2) is 61.3 Å². The molecular weight excluding hydrogens is 454 g/mol. The number of hydrogen-bond acceptors (Lipinski definition) is 8. The molecule has 36 heavy (non-hydrogen) atoms. The van der Waals surface area contributed by atoms with Gasteiger partial charge in [0, 0.05) is 62.0 Å². The number of hydrogen-bond donors (Lipinski definition) is 2. The van der Waals surface area contributed by atoms with Crippen LogP contribution in [0.5, 0.6) is 0 Å². The van der Waals surface area contributed by atoms with Crippen LogP contribution in [0.25, 0.3) is 22.2 Å². The Kier molecular flexibility index (Phi) is 6.99. The van der Waals surface area contributed by atoms with Gasteiger partial charge in [-0.25, -0.2) is 9.97 Å². The van der Waals surface area contributed by atoms with Crippen LogP contribution in [-0.4, -0.2) is 65.7 Å². The lowest BCUT2D eigenvalue weighted by atomic mass is 9.96. The number of nitrogens with one attached hydrogen (secondary N) is 2. The van der Waals surface area contributed by atoms with E-state index in [4.69, 9.17) is 4.74 Å². The van der Waals surface area contributed by atoms with Crippen molar-refractivity contribution < 1.29 is 9.53 Å². The summed E-state index contributed by atoms with van der Waals surface area (Å²) in [4.78, 5) is 32.5. The maximum absolute atomic E-state index is 12.3. The van der Waals surface area contributed by atoms with Gasteiger partial charge in [-0.1, -0.05) is 25.1 Å². The first kappa shape index (κ1) is 23.6. The molecule has 1 amide bonds. The number of morpholine rings is 1. The molecule has 9 nitrogen and oxygen atoms in total. The molecule has 1 aliphatic heterocycles. The number of para-hydroxylation sites is 1. The van der Waals surface area contributed by atoms with Gasteiger partial charge >= 0.3 is 0 Å². The Morgan fingerprint density at radius 3 is 2.81 bits per heavy atom. The van der Waals surface area contributed by atoms with Crippen molar-refractivity contribution in [3.63, 3.8) is 0 Å². The van der Waals surface area contributed by atoms with E-state index in [2.05, 4.69) is 54.5 Å². The van der Waals surface area contributed by atoms with Gasteiger partial charge in [0.15, 0.2) is 0 Å². The number of anilines is 2. The van der Waals surface area contributed by atoms with Crippen LogP contribution in [0.2, 0.25) is 0 Å². The lowest BCUT2D eigenvalue weighted by Crippen LogP contribution is -2.36. The van der Waals surface area contributed by atoms with E-state index in [0.29, 0.717) is 12.1 Å². The van der Waals surface area contributed by atoms with Crippen LogP contribution in [0.1, 0.15) is 28.8 Å². The summed E-state index contributed by atoms with van der Waals surface area (Å²) in [5.41, 5.74) is 5.35. The molecule has 5 rings (SSSR count). The highest BCUT2D eigenvalue weighted by atomic mass is 16.5. The highest BCUT2D eigenvalue weighted by Gasteiger charge is 2.16. The maximum Gasteiger partial charge on any atom is 0.251 e. The predicted octanol–water partition coefficient (Wildman–Crippen LogP) is 3.50. The molecule has 9 heteroatoms. The number of carbonyl (C=O) groups excluding carboxylic acids is 1. The van der Waals surface area contributed by atoms with Crippen molar-refractivity contribution in [1.29, 1.82) is 0 Å². The van der Waals surface area contributed by atoms with Crippen molar-refractivity contribution in [1.82, 2.24) is 25.3 Å². The standard InChI is InChI=1S/C27H29N7O2/c1-18(21-4-3-5-22-23(27(35)28-2)6-7-30-26(21)22)14-31-25-13-24(32-17-33-25)19-12-20(16-29-15-19)34-8-10-36-11-9-34/h3-7,12-13,15-18H,8-11,14H2,1-2H3,(H,28,35)(H,31,32,33)/t18-/m1/s1. The number of nitrogens with zero attached hydrogens (tertiary/aromatic N) is 5. The second kappa shape index (κ2) is 10.7. The Hall–Kier alpha value is -4.11. The van der Waals surface area contributed by atoms with Crippen molar-refractivity contribution in [3.8, 4) is 11.3 Å². The van der Waals surface area contributed by atoms with Gasteiger partial charge < -0.3 is 20.3 Å². The normalized spacial score (nSPS) is 14.4. The number of aromatic nitrogens is 4. The molecule has 4 aromatic rings. The zero-order valence-electron chi connectivity index (χ0n) is 20.4. The molecule has 0 radical (unpaired) electrons. The second-order valence-electron chi connectivity index (χ2n) is 8.78. The molecule has 0 aliphatic carbocycles. The van der Waals surface area contributed by atoms with Gasteiger partial charge in [0.25, 0.3) is 5.91 Å². The van der Waals surface area contributed by atoms with Gasteiger partial charge in [-0.3, -0.25) is 14.8 Å². The Morgan fingerprint density at radius 1 is 1.11 bits per heavy atom. The van der Waals surface area contributed by atoms with E-state index in [-0.39, 0.29) is 11.8 Å². The number of fused-ring (bicyclic) bond motifs is 1. The van der Waals surface area contributed by atoms with Crippen molar-refractivity contribution >= 4 is 28.3 Å². The molecule has 1 aliphatic rings. The van der Waals surface area contributed by atoms with E-state index in [1.54, 1.807) is 25.6 Å². The van der Waals surface area contributed by atoms with Crippen molar-refractivity contribution in [2.45, 2.75) is 12.8 Å². The number of amides is 1. The monoisotopic (exact) mass is 483 g/mol. The molecule has 1 fully saturated rings. The van der Waals surface area contributed by atoms with Crippen LogP contribution in [0.3, 0.4) is 0 Å². The SMILES string of the molecule is CNC(=O)c1ccnc2c([C@H](C)CNc3cc(-c4cncc(N5CCOCC5)c4)ncn3)cccc12. The Morgan fingerprint density at radius 2 is 1.97 bits per heavy atom. The van der Waals surface area contributed by atoms with E-state index in [0.717, 1.165) is 65.5 Å². The summed E-state index contributed by atoms with van der Waals surface area (Å²) in [6.45, 7) is 5.94. The second-order valence-corrected chi connectivity index (χ2v) is 8.78. The predicted molar refractivity (Wildman–Crippen MR) is 140 cm³/mol. The first-order valence-corrected chi connectivity index (χ1v) is 12.1. The molecule has 2 N–H and O–H groups in total. The third kappa shape index (κ3) is 4.96. The van der Waals surface area contributed by atoms with Gasteiger partial charge in [-0.15, -0.1) is 0 Å². The third-order valence-electron chi connectivity index (χ3n) is 6.46. The number of ether oxygens (including phenoxy) is 1. The summed E-state index contributed by atoms with van der Waals surface area (Å²) in [7, 11) is 1.63. The van der Waals surface area contributed by atoms with Gasteiger partial charge in [-0.05, 0) is 17.7 Å². The fourth-order valence-electron chi connectivity index (χ4n) is 4.47. The Balaban J connectivity index is 1.33. The first-order chi connectivity index (χ1) is 17.6. The van der Waals surface area contributed by atoms with Crippen LogP contribution in [0.4, 0.5) is 11.5 Å². The molecule has 0 saturated carbocycles. The maximum atomic E-state index is 12.3. The lowest BCUT2D eigenvalue weighted by Gasteiger charge is -2.28. The fourth-order valence-corrected chi connectivity index (χ4v) is 4.47. The smallest absolute Gasteiger partial charge is 0.251 e. The molecule has 1 saturated heterocycles. The van der Waals surface area contributed by atoms with Gasteiger partial charge in [0.1, 0.15) is 12.1 Å². The molecule has 3 aromatic heterocycles. The van der Waals surface area contributed by atoms with E-state index in [1.165, 1.54) is 0 Å². The van der Waals surface area contributed by atoms with Crippen molar-refractivity contribution in [2.24, 2.45) is 0 Å². The molecule has 1 atom stereocenters. The van der Waals surface area contributed by atoms with Crippen LogP contribution in [-0.2, 0) is 4.74 Å². The average molecular weight is 484 g/mol. The Bertz CT molecular complexity index is 1370. The Labute approximate surface area is 210 Å². The number of pyridine rings is 2. The zero-order chi connectivity index (χ0) is 24.9. The van der Waals surface area contributed by atoms with E-state index in [9.17, 15) is 4.79 Å². The summed E-state index contributed by atoms with van der Waals surface area (Å²) < 4.78 is 5.46. The minimum atomic E-state index is -0.119. The number of carbonyl (C=O) groups is 1. The highest BCUT2D eigenvalue weighted by Crippen LogP contribution is 2.27. The third-order valence-corrected chi connectivity index (χ3v) is 6.46. The summed E-state index contributed by atoms with van der Waals surface area (Å²) >= 11 is 0. The summed E-state index contributed by atoms with van der Waals surface area (Å²) in [6.07, 6.45) is 6.96. The molecule has 4 heterocycles. The van der Waals surface area contributed by atoms with Gasteiger partial charge in [0.05, 0.1) is 41.9 Å². The fraction of sp³-hybridized carbons (Fsp3) is 0.296. The zero-order valence-corrected chi connectivity index (χ0v) is 20.4.